The average Bonchev–Trinajstić information content (AvgIpc) is 1.94. The van der Waals surface area contributed by atoms with Crippen LogP contribution in [0, 0.1) is 0 Å². The van der Waals surface area contributed by atoms with Gasteiger partial charge in [0.1, 0.15) is 5.75 Å². The fourth-order valence-corrected chi connectivity index (χ4v) is 0.816. The van der Waals surface area contributed by atoms with E-state index in [9.17, 15) is 4.79 Å². The minimum atomic E-state index is -0.561. The molecule has 0 heterocycles. The molecule has 1 amide bonds. The Kier molecular flexibility index (Phi) is 4.70. The Labute approximate surface area is 99.1 Å². The molecule has 0 radical (unpaired) electrons. The van der Waals surface area contributed by atoms with Crippen LogP contribution in [0.5, 0.6) is 5.75 Å². The number of phenols is 1. The first kappa shape index (κ1) is 11.8. The topological polar surface area (TPSA) is 63.3 Å². The molecule has 0 aliphatic rings. The van der Waals surface area contributed by atoms with Crippen molar-refractivity contribution in [3.8, 4) is 5.75 Å². The molecule has 0 saturated carbocycles. The van der Waals surface area contributed by atoms with Gasteiger partial charge in [0.25, 0.3) is 0 Å². The quantitative estimate of drug-likeness (QED) is 0.353. The first-order chi connectivity index (χ1) is 5.11. The zero-order valence-electron chi connectivity index (χ0n) is 7.61. The number of hydrogen-bond acceptors (Lipinski definition) is 3. The van der Waals surface area contributed by atoms with Crippen LogP contribution in [0.2, 0.25) is 0 Å². The van der Waals surface area contributed by atoms with Crippen molar-refractivity contribution in [1.82, 2.24) is 0 Å². The molecule has 0 spiro atoms. The van der Waals surface area contributed by atoms with Crippen molar-refractivity contribution >= 4 is 18.5 Å². The average molecular weight is 193 g/mol. The number of rotatable bonds is 1. The molecule has 0 aromatic heterocycles. The van der Waals surface area contributed by atoms with E-state index in [0.29, 0.717) is 4.90 Å². The van der Waals surface area contributed by atoms with Crippen LogP contribution in [-0.4, -0.2) is 11.0 Å². The van der Waals surface area contributed by atoms with Crippen LogP contribution in [0.15, 0.2) is 23.1 Å². The molecule has 0 unspecified atom stereocenters. The summed E-state index contributed by atoms with van der Waals surface area (Å²) < 4.78 is 0. The Morgan fingerprint density at radius 3 is 2.58 bits per heavy atom. The summed E-state index contributed by atoms with van der Waals surface area (Å²) in [7, 11) is 0. The van der Waals surface area contributed by atoms with E-state index in [2.05, 4.69) is 12.6 Å². The zero-order valence-corrected chi connectivity index (χ0v) is 9.51. The van der Waals surface area contributed by atoms with Gasteiger partial charge in [0.2, 0.25) is 5.91 Å². The first-order valence-corrected chi connectivity index (χ1v) is 3.38. The van der Waals surface area contributed by atoms with E-state index >= 15 is 0 Å². The number of primary amides is 1. The van der Waals surface area contributed by atoms with Gasteiger partial charge in [-0.1, -0.05) is 0 Å². The maximum absolute atomic E-state index is 10.6. The predicted octanol–water partition coefficient (Wildman–Crippen LogP) is -2.10. The number of phenolic OH excluding ortho intramolecular Hbond substituents is 1. The molecule has 0 aliphatic carbocycles. The fraction of sp³-hybridized carbons (Fsp3) is 0. The van der Waals surface area contributed by atoms with E-state index in [1.165, 1.54) is 18.2 Å². The standard InChI is InChI=1S/C7H7NO2S.Na.H/c8-7(10)4-1-2-6(11)5(9)3-4;;/h1-3,9,11H,(H2,8,10);;/q;+1;-1. The number of carbonyl (C=O) groups excluding carboxylic acids is 1. The van der Waals surface area contributed by atoms with Gasteiger partial charge in [0, 0.05) is 10.5 Å². The Hall–Kier alpha value is -0.160. The van der Waals surface area contributed by atoms with Crippen molar-refractivity contribution in [1.29, 1.82) is 0 Å². The Bertz CT molecular complexity index is 309. The molecule has 0 bridgehead atoms. The van der Waals surface area contributed by atoms with Gasteiger partial charge in [-0.05, 0) is 18.2 Å². The smallest absolute Gasteiger partial charge is 1.00 e. The first-order valence-electron chi connectivity index (χ1n) is 2.93. The zero-order chi connectivity index (χ0) is 8.43. The minimum absolute atomic E-state index is 0. The van der Waals surface area contributed by atoms with Gasteiger partial charge in [-0.2, -0.15) is 0 Å². The van der Waals surface area contributed by atoms with Crippen molar-refractivity contribution in [3.05, 3.63) is 23.8 Å². The molecule has 1 rings (SSSR count). The molecule has 3 nitrogen and oxygen atoms in total. The van der Waals surface area contributed by atoms with Gasteiger partial charge in [-0.25, -0.2) is 0 Å². The number of aromatic hydroxyl groups is 1. The largest absolute Gasteiger partial charge is 1.00 e. The molecule has 0 fully saturated rings. The number of nitrogens with two attached hydrogens (primary N) is 1. The summed E-state index contributed by atoms with van der Waals surface area (Å²) in [5.74, 6) is -0.599. The van der Waals surface area contributed by atoms with Crippen molar-refractivity contribution < 1.29 is 40.9 Å². The Morgan fingerprint density at radius 1 is 1.58 bits per heavy atom. The van der Waals surface area contributed by atoms with Gasteiger partial charge in [0.15, 0.2) is 0 Å². The van der Waals surface area contributed by atoms with Crippen molar-refractivity contribution in [2.75, 3.05) is 0 Å². The van der Waals surface area contributed by atoms with Crippen molar-refractivity contribution in [2.24, 2.45) is 5.73 Å². The molecule has 12 heavy (non-hydrogen) atoms. The van der Waals surface area contributed by atoms with Crippen molar-refractivity contribution in [2.45, 2.75) is 4.90 Å². The van der Waals surface area contributed by atoms with Gasteiger partial charge in [-0.3, -0.25) is 4.79 Å². The predicted molar refractivity (Wildman–Crippen MR) is 45.0 cm³/mol. The van der Waals surface area contributed by atoms with E-state index in [1.54, 1.807) is 0 Å². The number of hydrogen-bond donors (Lipinski definition) is 3. The van der Waals surface area contributed by atoms with Crippen LogP contribution in [0.3, 0.4) is 0 Å². The second kappa shape index (κ2) is 4.77. The summed E-state index contributed by atoms with van der Waals surface area (Å²) in [5.41, 5.74) is 5.24. The number of amides is 1. The van der Waals surface area contributed by atoms with Gasteiger partial charge in [-0.15, -0.1) is 12.6 Å². The number of thiol groups is 1. The Morgan fingerprint density at radius 2 is 2.17 bits per heavy atom. The Balaban J connectivity index is 0. The van der Waals surface area contributed by atoms with Gasteiger partial charge < -0.3 is 12.3 Å². The normalized spacial score (nSPS) is 8.75. The summed E-state index contributed by atoms with van der Waals surface area (Å²) in [6, 6.07) is 4.30. The molecule has 1 aromatic rings. The summed E-state index contributed by atoms with van der Waals surface area (Å²) in [5, 5.41) is 9.06. The molecule has 1 aromatic carbocycles. The third-order valence-corrected chi connectivity index (χ3v) is 1.64. The maximum Gasteiger partial charge on any atom is 1.00 e. The van der Waals surface area contributed by atoms with E-state index in [1.807, 2.05) is 0 Å². The van der Waals surface area contributed by atoms with E-state index in [0.717, 1.165) is 0 Å². The van der Waals surface area contributed by atoms with Crippen LogP contribution < -0.4 is 35.3 Å². The van der Waals surface area contributed by atoms with Crippen LogP contribution in [0.1, 0.15) is 11.8 Å². The monoisotopic (exact) mass is 193 g/mol. The second-order valence-corrected chi connectivity index (χ2v) is 2.55. The minimum Gasteiger partial charge on any atom is -1.00 e. The third kappa shape index (κ3) is 2.71. The van der Waals surface area contributed by atoms with Crippen LogP contribution >= 0.6 is 12.6 Å². The van der Waals surface area contributed by atoms with Gasteiger partial charge in [0.05, 0.1) is 0 Å². The summed E-state index contributed by atoms with van der Waals surface area (Å²) >= 11 is 3.91. The van der Waals surface area contributed by atoms with E-state index < -0.39 is 5.91 Å². The fourth-order valence-electron chi connectivity index (χ4n) is 0.677. The van der Waals surface area contributed by atoms with E-state index in [4.69, 9.17) is 10.8 Å². The van der Waals surface area contributed by atoms with Crippen LogP contribution in [0.25, 0.3) is 0 Å². The van der Waals surface area contributed by atoms with E-state index in [-0.39, 0.29) is 42.3 Å². The van der Waals surface area contributed by atoms with Gasteiger partial charge >= 0.3 is 29.6 Å². The molecule has 3 N–H and O–H groups in total. The molecule has 0 aliphatic heterocycles. The number of benzene rings is 1. The summed E-state index contributed by atoms with van der Waals surface area (Å²) in [6.07, 6.45) is 0. The van der Waals surface area contributed by atoms with Crippen LogP contribution in [0.4, 0.5) is 0 Å². The molecule has 0 atom stereocenters. The third-order valence-electron chi connectivity index (χ3n) is 1.26. The summed E-state index contributed by atoms with van der Waals surface area (Å²) in [4.78, 5) is 11.0. The van der Waals surface area contributed by atoms with Crippen LogP contribution in [-0.2, 0) is 0 Å². The number of carbonyl (C=O) groups is 1. The molecule has 0 saturated heterocycles. The summed E-state index contributed by atoms with van der Waals surface area (Å²) in [6.45, 7) is 0. The molecular weight excluding hydrogens is 185 g/mol. The van der Waals surface area contributed by atoms with Crippen molar-refractivity contribution in [3.63, 3.8) is 0 Å². The SMILES string of the molecule is NC(=O)c1ccc(S)c(O)c1.[H-].[Na+]. The maximum atomic E-state index is 10.6. The second-order valence-electron chi connectivity index (χ2n) is 2.07. The molecule has 5 heteroatoms. The molecule has 60 valence electrons. The molecular formula is C7H8NNaO2S.